The van der Waals surface area contributed by atoms with Crippen molar-refractivity contribution in [1.29, 1.82) is 0 Å². The van der Waals surface area contributed by atoms with Crippen molar-refractivity contribution in [3.05, 3.63) is 77.4 Å². The molecule has 2 rings (SSSR count). The second-order valence-electron chi connectivity index (χ2n) is 8.35. The smallest absolute Gasteiger partial charge is 0.335 e. The van der Waals surface area contributed by atoms with Gasteiger partial charge in [0.05, 0.1) is 23.1 Å². The van der Waals surface area contributed by atoms with Crippen LogP contribution in [0, 0.1) is 26.2 Å². The van der Waals surface area contributed by atoms with Crippen LogP contribution in [0.5, 0.6) is 0 Å². The van der Waals surface area contributed by atoms with Crippen LogP contribution in [0.4, 0.5) is 0 Å². The SMILES string of the molecule is C#CCN(C(C(=C)C(=O)OC(C)(C)C)c1ccccc1C)S(=O)(=O)c1ccc(C)cc1. The lowest BCUT2D eigenvalue weighted by Gasteiger charge is -2.32. The summed E-state index contributed by atoms with van der Waals surface area (Å²) in [6.45, 7) is 12.6. The lowest BCUT2D eigenvalue weighted by Crippen LogP contribution is -2.39. The van der Waals surface area contributed by atoms with E-state index in [2.05, 4.69) is 12.5 Å². The molecule has 1 atom stereocenters. The number of hydrogen-bond donors (Lipinski definition) is 0. The molecule has 2 aromatic carbocycles. The fraction of sp³-hybridized carbons (Fsp3) is 0.320. The molecule has 0 amide bonds. The summed E-state index contributed by atoms with van der Waals surface area (Å²) in [6, 6.07) is 12.7. The van der Waals surface area contributed by atoms with E-state index in [1.165, 1.54) is 12.1 Å². The van der Waals surface area contributed by atoms with Gasteiger partial charge >= 0.3 is 5.97 Å². The first-order chi connectivity index (χ1) is 14.4. The van der Waals surface area contributed by atoms with Gasteiger partial charge in [-0.25, -0.2) is 13.2 Å². The zero-order valence-corrected chi connectivity index (χ0v) is 19.5. The van der Waals surface area contributed by atoms with Crippen molar-refractivity contribution in [2.75, 3.05) is 6.54 Å². The van der Waals surface area contributed by atoms with Crippen LogP contribution in [-0.2, 0) is 19.6 Å². The molecule has 2 aromatic rings. The molecule has 0 saturated carbocycles. The number of carbonyl (C=O) groups is 1. The molecular weight excluding hydrogens is 410 g/mol. The van der Waals surface area contributed by atoms with Crippen LogP contribution < -0.4 is 0 Å². The lowest BCUT2D eigenvalue weighted by atomic mass is 9.95. The molecule has 0 N–H and O–H groups in total. The van der Waals surface area contributed by atoms with E-state index in [0.29, 0.717) is 5.56 Å². The molecule has 0 aliphatic rings. The highest BCUT2D eigenvalue weighted by molar-refractivity contribution is 7.89. The molecule has 5 nitrogen and oxygen atoms in total. The zero-order chi connectivity index (χ0) is 23.4. The molecule has 0 bridgehead atoms. The first kappa shape index (κ1) is 24.4. The van der Waals surface area contributed by atoms with Crippen LogP contribution in [0.3, 0.4) is 0 Å². The highest BCUT2D eigenvalue weighted by Gasteiger charge is 2.37. The van der Waals surface area contributed by atoms with Gasteiger partial charge in [-0.15, -0.1) is 6.42 Å². The van der Waals surface area contributed by atoms with Crippen LogP contribution in [0.15, 0.2) is 65.6 Å². The van der Waals surface area contributed by atoms with E-state index in [4.69, 9.17) is 11.2 Å². The van der Waals surface area contributed by atoms with Crippen molar-refractivity contribution in [2.24, 2.45) is 0 Å². The summed E-state index contributed by atoms with van der Waals surface area (Å²) in [4.78, 5) is 13.0. The molecule has 0 aliphatic carbocycles. The number of carbonyl (C=O) groups excluding carboxylic acids is 1. The number of terminal acetylenes is 1. The third-order valence-corrected chi connectivity index (χ3v) is 6.46. The van der Waals surface area contributed by atoms with Gasteiger partial charge < -0.3 is 4.74 Å². The van der Waals surface area contributed by atoms with Crippen molar-refractivity contribution in [3.63, 3.8) is 0 Å². The van der Waals surface area contributed by atoms with Crippen molar-refractivity contribution >= 4 is 16.0 Å². The Kier molecular flexibility index (Phi) is 7.48. The summed E-state index contributed by atoms with van der Waals surface area (Å²) in [5.41, 5.74) is 1.58. The van der Waals surface area contributed by atoms with Gasteiger partial charge in [0.2, 0.25) is 10.0 Å². The summed E-state index contributed by atoms with van der Waals surface area (Å²) in [5, 5.41) is 0. The maximum Gasteiger partial charge on any atom is 0.335 e. The molecule has 0 fully saturated rings. The van der Waals surface area contributed by atoms with Crippen LogP contribution in [0.25, 0.3) is 0 Å². The Labute approximate surface area is 185 Å². The first-order valence-electron chi connectivity index (χ1n) is 9.88. The van der Waals surface area contributed by atoms with Gasteiger partial charge in [0, 0.05) is 0 Å². The molecule has 0 aromatic heterocycles. The monoisotopic (exact) mass is 439 g/mol. The first-order valence-corrected chi connectivity index (χ1v) is 11.3. The maximum atomic E-state index is 13.6. The molecule has 1 unspecified atom stereocenters. The molecule has 0 spiro atoms. The highest BCUT2D eigenvalue weighted by atomic mass is 32.2. The van der Waals surface area contributed by atoms with Crippen LogP contribution in [0.1, 0.15) is 43.5 Å². The predicted octanol–water partition coefficient (Wildman–Crippen LogP) is 4.57. The second kappa shape index (κ2) is 9.51. The average Bonchev–Trinajstić information content (AvgIpc) is 2.67. The largest absolute Gasteiger partial charge is 0.457 e. The number of aryl methyl sites for hydroxylation is 2. The van der Waals surface area contributed by atoms with E-state index < -0.39 is 27.6 Å². The highest BCUT2D eigenvalue weighted by Crippen LogP contribution is 2.35. The molecule has 0 radical (unpaired) electrons. The van der Waals surface area contributed by atoms with Gasteiger partial charge in [0.15, 0.2) is 0 Å². The Morgan fingerprint density at radius 1 is 1.13 bits per heavy atom. The summed E-state index contributed by atoms with van der Waals surface area (Å²) >= 11 is 0. The van der Waals surface area contributed by atoms with E-state index in [9.17, 15) is 13.2 Å². The second-order valence-corrected chi connectivity index (χ2v) is 10.2. The Morgan fingerprint density at radius 2 is 1.71 bits per heavy atom. The van der Waals surface area contributed by atoms with Gasteiger partial charge in [-0.3, -0.25) is 0 Å². The van der Waals surface area contributed by atoms with Gasteiger partial charge in [0.1, 0.15) is 5.60 Å². The number of ether oxygens (including phenoxy) is 1. The number of benzene rings is 2. The van der Waals surface area contributed by atoms with Gasteiger partial charge in [0.25, 0.3) is 0 Å². The minimum atomic E-state index is -4.04. The van der Waals surface area contributed by atoms with Crippen molar-refractivity contribution in [1.82, 2.24) is 4.31 Å². The standard InChI is InChI=1S/C25H29NO4S/c1-8-17-26(31(28,29)21-15-13-18(2)14-16-21)23(22-12-10-9-11-19(22)3)20(4)24(27)30-25(5,6)7/h1,9-16,23H,4,17H2,2-3,5-7H3. The summed E-state index contributed by atoms with van der Waals surface area (Å²) in [7, 11) is -4.04. The number of nitrogens with zero attached hydrogens (tertiary/aromatic N) is 1. The van der Waals surface area contributed by atoms with Gasteiger partial charge in [-0.1, -0.05) is 54.5 Å². The molecule has 0 heterocycles. The molecular formula is C25H29NO4S. The molecule has 6 heteroatoms. The van der Waals surface area contributed by atoms with Crippen LogP contribution in [-0.4, -0.2) is 30.8 Å². The Balaban J connectivity index is 2.67. The van der Waals surface area contributed by atoms with Crippen LogP contribution >= 0.6 is 0 Å². The van der Waals surface area contributed by atoms with E-state index >= 15 is 0 Å². The third-order valence-electron chi connectivity index (χ3n) is 4.64. The minimum absolute atomic E-state index is 0.00448. The maximum absolute atomic E-state index is 13.6. The van der Waals surface area contributed by atoms with Crippen molar-refractivity contribution in [3.8, 4) is 12.3 Å². The van der Waals surface area contributed by atoms with E-state index in [1.54, 1.807) is 45.0 Å². The molecule has 164 valence electrons. The number of hydrogen-bond acceptors (Lipinski definition) is 4. The van der Waals surface area contributed by atoms with Crippen molar-refractivity contribution in [2.45, 2.75) is 51.2 Å². The summed E-state index contributed by atoms with van der Waals surface area (Å²) < 4.78 is 33.8. The van der Waals surface area contributed by atoms with E-state index in [-0.39, 0.29) is 17.0 Å². The van der Waals surface area contributed by atoms with Crippen molar-refractivity contribution < 1.29 is 17.9 Å². The summed E-state index contributed by atoms with van der Waals surface area (Å²) in [6.07, 6.45) is 5.56. The van der Waals surface area contributed by atoms with Gasteiger partial charge in [-0.05, 0) is 57.9 Å². The fourth-order valence-corrected chi connectivity index (χ4v) is 4.63. The summed E-state index contributed by atoms with van der Waals surface area (Å²) in [5.74, 6) is 1.74. The van der Waals surface area contributed by atoms with Gasteiger partial charge in [-0.2, -0.15) is 4.31 Å². The van der Waals surface area contributed by atoms with Crippen LogP contribution in [0.2, 0.25) is 0 Å². The average molecular weight is 440 g/mol. The minimum Gasteiger partial charge on any atom is -0.457 e. The number of sulfonamides is 1. The third kappa shape index (κ3) is 5.84. The Bertz CT molecular complexity index is 1100. The Hall–Kier alpha value is -2.88. The number of rotatable bonds is 7. The fourth-order valence-electron chi connectivity index (χ4n) is 3.12. The number of esters is 1. The molecule has 0 saturated heterocycles. The van der Waals surface area contributed by atoms with E-state index in [0.717, 1.165) is 15.4 Å². The predicted molar refractivity (Wildman–Crippen MR) is 123 cm³/mol. The Morgan fingerprint density at radius 3 is 2.23 bits per heavy atom. The molecule has 0 aliphatic heterocycles. The van der Waals surface area contributed by atoms with E-state index in [1.807, 2.05) is 26.0 Å². The zero-order valence-electron chi connectivity index (χ0n) is 18.7. The normalized spacial score (nSPS) is 12.8. The quantitative estimate of drug-likeness (QED) is 0.360. The topological polar surface area (TPSA) is 63.7 Å². The lowest BCUT2D eigenvalue weighted by molar-refractivity contribution is -0.150. The molecule has 31 heavy (non-hydrogen) atoms.